The standard InChI is InChI=1S/C55H107NO8/c1-3-5-7-9-11-13-15-16-17-18-19-20-21-22-23-24-25-26-27-28-29-30-31-32-33-34-35-37-39-41-43-45-51(59)56-48(47-63-55-54(62)53(61)52(60)50(46-57)64-55)49(58)44-42-40-38-36-14-12-10-8-6-4-2/h42,44,48-50,52-55,57-58,60-62H,3-41,43,45-47H2,1-2H3,(H,56,59)/b44-42+. The van der Waals surface area contributed by atoms with Crippen molar-refractivity contribution >= 4 is 5.91 Å². The summed E-state index contributed by atoms with van der Waals surface area (Å²) in [6, 6.07) is -0.798. The van der Waals surface area contributed by atoms with Crippen molar-refractivity contribution in [1.29, 1.82) is 0 Å². The lowest BCUT2D eigenvalue weighted by molar-refractivity contribution is -0.302. The number of hydrogen-bond donors (Lipinski definition) is 6. The summed E-state index contributed by atoms with van der Waals surface area (Å²) in [7, 11) is 0. The van der Waals surface area contributed by atoms with Gasteiger partial charge in [-0.3, -0.25) is 4.79 Å². The smallest absolute Gasteiger partial charge is 0.220 e. The molecule has 0 saturated carbocycles. The first-order valence-corrected chi connectivity index (χ1v) is 27.9. The Bertz CT molecular complexity index is 1010. The third kappa shape index (κ3) is 35.1. The molecule has 1 aliphatic heterocycles. The largest absolute Gasteiger partial charge is 0.394 e. The van der Waals surface area contributed by atoms with E-state index in [4.69, 9.17) is 9.47 Å². The first-order valence-electron chi connectivity index (χ1n) is 27.9. The fourth-order valence-corrected chi connectivity index (χ4v) is 9.16. The van der Waals surface area contributed by atoms with Crippen molar-refractivity contribution in [2.24, 2.45) is 0 Å². The van der Waals surface area contributed by atoms with Gasteiger partial charge in [0.1, 0.15) is 24.4 Å². The average molecular weight is 910 g/mol. The van der Waals surface area contributed by atoms with Crippen molar-refractivity contribution in [1.82, 2.24) is 5.32 Å². The molecule has 0 spiro atoms. The second kappa shape index (κ2) is 45.7. The number of aliphatic hydroxyl groups is 5. The Morgan fingerprint density at radius 2 is 0.859 bits per heavy atom. The minimum Gasteiger partial charge on any atom is -0.394 e. The molecule has 1 rings (SSSR count). The van der Waals surface area contributed by atoms with Crippen LogP contribution in [0, 0.1) is 0 Å². The monoisotopic (exact) mass is 910 g/mol. The van der Waals surface area contributed by atoms with Crippen LogP contribution in [0.15, 0.2) is 12.2 Å². The van der Waals surface area contributed by atoms with Gasteiger partial charge in [0.15, 0.2) is 6.29 Å². The van der Waals surface area contributed by atoms with E-state index in [0.717, 1.165) is 38.5 Å². The lowest BCUT2D eigenvalue weighted by Crippen LogP contribution is -2.60. The van der Waals surface area contributed by atoms with E-state index in [1.165, 1.54) is 218 Å². The zero-order valence-electron chi connectivity index (χ0n) is 42.1. The number of carbonyl (C=O) groups is 1. The van der Waals surface area contributed by atoms with Crippen molar-refractivity contribution in [3.63, 3.8) is 0 Å². The van der Waals surface area contributed by atoms with Crippen LogP contribution in [-0.2, 0) is 14.3 Å². The molecule has 64 heavy (non-hydrogen) atoms. The molecule has 7 unspecified atom stereocenters. The molecular formula is C55H107NO8. The minimum atomic E-state index is -1.56. The minimum absolute atomic E-state index is 0.173. The number of ether oxygens (including phenoxy) is 2. The molecule has 380 valence electrons. The maximum absolute atomic E-state index is 13.0. The van der Waals surface area contributed by atoms with Crippen molar-refractivity contribution in [2.45, 2.75) is 320 Å². The van der Waals surface area contributed by atoms with E-state index in [0.29, 0.717) is 6.42 Å². The van der Waals surface area contributed by atoms with Gasteiger partial charge in [-0.1, -0.05) is 264 Å². The van der Waals surface area contributed by atoms with Crippen LogP contribution in [0.4, 0.5) is 0 Å². The van der Waals surface area contributed by atoms with E-state index in [2.05, 4.69) is 19.2 Å². The van der Waals surface area contributed by atoms with Crippen LogP contribution >= 0.6 is 0 Å². The number of amides is 1. The molecule has 1 fully saturated rings. The molecule has 9 heteroatoms. The SMILES string of the molecule is CCCCCCCCCC/C=C/C(O)C(COC1OC(CO)C(O)C(O)C1O)NC(=O)CCCCCCCCCCCCCCCCCCCCCCCCCCCCCCCCC. The Hall–Kier alpha value is -1.07. The summed E-state index contributed by atoms with van der Waals surface area (Å²) in [4.78, 5) is 13.0. The summed E-state index contributed by atoms with van der Waals surface area (Å²) in [5, 5.41) is 54.2. The van der Waals surface area contributed by atoms with Gasteiger partial charge in [0.2, 0.25) is 5.91 Å². The second-order valence-corrected chi connectivity index (χ2v) is 19.7. The number of unbranched alkanes of at least 4 members (excludes halogenated alkanes) is 38. The first-order chi connectivity index (χ1) is 31.3. The highest BCUT2D eigenvalue weighted by Gasteiger charge is 2.44. The number of hydrogen-bond acceptors (Lipinski definition) is 8. The molecule has 7 atom stereocenters. The van der Waals surface area contributed by atoms with Gasteiger partial charge in [-0.15, -0.1) is 0 Å². The van der Waals surface area contributed by atoms with Crippen molar-refractivity contribution in [2.75, 3.05) is 13.2 Å². The van der Waals surface area contributed by atoms with E-state index in [1.807, 2.05) is 6.08 Å². The number of nitrogens with one attached hydrogen (secondary N) is 1. The number of carbonyl (C=O) groups excluding carboxylic acids is 1. The molecule has 0 radical (unpaired) electrons. The molecule has 1 aliphatic rings. The van der Waals surface area contributed by atoms with E-state index in [1.54, 1.807) is 6.08 Å². The van der Waals surface area contributed by atoms with Crippen LogP contribution in [0.25, 0.3) is 0 Å². The van der Waals surface area contributed by atoms with Gasteiger partial charge in [-0.05, 0) is 19.3 Å². The third-order valence-corrected chi connectivity index (χ3v) is 13.6. The highest BCUT2D eigenvalue weighted by atomic mass is 16.7. The molecule has 0 aromatic rings. The number of aliphatic hydroxyl groups excluding tert-OH is 5. The van der Waals surface area contributed by atoms with Gasteiger partial charge in [-0.2, -0.15) is 0 Å². The summed E-state index contributed by atoms with van der Waals surface area (Å²) < 4.78 is 11.2. The predicted octanol–water partition coefficient (Wildman–Crippen LogP) is 13.2. The molecule has 0 bridgehead atoms. The van der Waals surface area contributed by atoms with E-state index in [9.17, 15) is 30.3 Å². The molecule has 9 nitrogen and oxygen atoms in total. The molecule has 6 N–H and O–H groups in total. The topological polar surface area (TPSA) is 149 Å². The van der Waals surface area contributed by atoms with Gasteiger partial charge in [0.25, 0.3) is 0 Å². The normalized spacial score (nSPS) is 20.0. The van der Waals surface area contributed by atoms with Crippen molar-refractivity contribution in [3.8, 4) is 0 Å². The molecule has 1 heterocycles. The molecule has 1 saturated heterocycles. The Balaban J connectivity index is 2.08. The summed E-state index contributed by atoms with van der Waals surface area (Å²) in [6.45, 7) is 3.78. The predicted molar refractivity (Wildman–Crippen MR) is 267 cm³/mol. The van der Waals surface area contributed by atoms with Gasteiger partial charge >= 0.3 is 0 Å². The highest BCUT2D eigenvalue weighted by molar-refractivity contribution is 5.76. The van der Waals surface area contributed by atoms with E-state index >= 15 is 0 Å². The van der Waals surface area contributed by atoms with Crippen molar-refractivity contribution < 1.29 is 39.8 Å². The Morgan fingerprint density at radius 1 is 0.516 bits per heavy atom. The van der Waals surface area contributed by atoms with E-state index in [-0.39, 0.29) is 12.5 Å². The van der Waals surface area contributed by atoms with Crippen LogP contribution in [0.3, 0.4) is 0 Å². The first kappa shape index (κ1) is 60.9. The number of rotatable bonds is 48. The van der Waals surface area contributed by atoms with Gasteiger partial charge in [0.05, 0.1) is 25.4 Å². The molecule has 0 aliphatic carbocycles. The maximum Gasteiger partial charge on any atom is 0.220 e. The number of allylic oxidation sites excluding steroid dienone is 1. The summed E-state index contributed by atoms with van der Waals surface area (Å²) in [5.41, 5.74) is 0. The second-order valence-electron chi connectivity index (χ2n) is 19.7. The van der Waals surface area contributed by atoms with E-state index < -0.39 is 49.5 Å². The molecule has 1 amide bonds. The molecule has 0 aromatic heterocycles. The Morgan fingerprint density at radius 3 is 1.22 bits per heavy atom. The van der Waals surface area contributed by atoms with Crippen LogP contribution in [0.1, 0.15) is 277 Å². The zero-order chi connectivity index (χ0) is 46.6. The molecule has 0 aromatic carbocycles. The fraction of sp³-hybridized carbons (Fsp3) is 0.945. The zero-order valence-corrected chi connectivity index (χ0v) is 42.1. The third-order valence-electron chi connectivity index (χ3n) is 13.6. The Kier molecular flexibility index (Phi) is 43.5. The van der Waals surface area contributed by atoms with Crippen LogP contribution in [0.2, 0.25) is 0 Å². The Labute approximate surface area is 395 Å². The molecular weight excluding hydrogens is 803 g/mol. The van der Waals surface area contributed by atoms with Crippen molar-refractivity contribution in [3.05, 3.63) is 12.2 Å². The average Bonchev–Trinajstić information content (AvgIpc) is 3.29. The van der Waals surface area contributed by atoms with Gasteiger partial charge in [-0.25, -0.2) is 0 Å². The summed E-state index contributed by atoms with van der Waals surface area (Å²) in [6.07, 6.45) is 48.8. The van der Waals surface area contributed by atoms with Crippen LogP contribution in [-0.4, -0.2) is 87.5 Å². The highest BCUT2D eigenvalue weighted by Crippen LogP contribution is 2.23. The summed E-state index contributed by atoms with van der Waals surface area (Å²) in [5.74, 6) is -0.173. The lowest BCUT2D eigenvalue weighted by Gasteiger charge is -2.40. The summed E-state index contributed by atoms with van der Waals surface area (Å²) >= 11 is 0. The quantitative estimate of drug-likeness (QED) is 0.0261. The van der Waals surface area contributed by atoms with Gasteiger partial charge < -0.3 is 40.3 Å². The lowest BCUT2D eigenvalue weighted by atomic mass is 9.99. The maximum atomic E-state index is 13.0. The van der Waals surface area contributed by atoms with Crippen LogP contribution in [0.5, 0.6) is 0 Å². The van der Waals surface area contributed by atoms with Crippen LogP contribution < -0.4 is 5.32 Å². The van der Waals surface area contributed by atoms with Gasteiger partial charge in [0, 0.05) is 6.42 Å². The fourth-order valence-electron chi connectivity index (χ4n) is 9.16.